The number of hydrogen-bond donors (Lipinski definition) is 2. The summed E-state index contributed by atoms with van der Waals surface area (Å²) in [5, 5.41) is 29.1. The maximum atomic E-state index is 13.4. The smallest absolute Gasteiger partial charge is 0.280 e. The molecule has 2 N–H and O–H groups in total. The first-order valence-corrected chi connectivity index (χ1v) is 16.1. The van der Waals surface area contributed by atoms with Gasteiger partial charge in [-0.05, 0) is 37.8 Å². The fourth-order valence-corrected chi connectivity index (χ4v) is 7.35. The summed E-state index contributed by atoms with van der Waals surface area (Å²) in [6, 6.07) is 3.91. The Morgan fingerprint density at radius 1 is 0.708 bits per heavy atom. The van der Waals surface area contributed by atoms with Gasteiger partial charge in [0.25, 0.3) is 11.1 Å². The standard InChI is InChI=1S/2C16H16N6O2/c1-21-8-10-13-12-11(18-19-13)2-5-17-15(12)22(16(23)14(10)20-21)9-3-6-24-7-4-9;1-21-14-10(8-18-21)13-12-11(19-20-13)2-5-17-15(12)22(16(14)23)9-3-6-24-7-4-9/h2*2,5,8-9,17H,3-4,6-7H2,1H3. The van der Waals surface area contributed by atoms with E-state index < -0.39 is 0 Å². The molecule has 0 aliphatic carbocycles. The van der Waals surface area contributed by atoms with Crippen LogP contribution in [0.4, 0.5) is 0 Å². The topological polar surface area (TPSA) is 181 Å². The van der Waals surface area contributed by atoms with Crippen molar-refractivity contribution < 1.29 is 9.47 Å². The van der Waals surface area contributed by atoms with Crippen molar-refractivity contribution in [2.45, 2.75) is 37.8 Å². The van der Waals surface area contributed by atoms with Crippen LogP contribution in [0.3, 0.4) is 0 Å². The number of aromatic nitrogens is 12. The number of rotatable bonds is 2. The van der Waals surface area contributed by atoms with E-state index in [0.29, 0.717) is 48.5 Å². The van der Waals surface area contributed by atoms with E-state index in [9.17, 15) is 9.59 Å². The molecule has 0 aromatic carbocycles. The summed E-state index contributed by atoms with van der Waals surface area (Å²) in [5.41, 5.74) is 5.32. The molecule has 0 unspecified atom stereocenters. The predicted molar refractivity (Wildman–Crippen MR) is 178 cm³/mol. The van der Waals surface area contributed by atoms with Crippen molar-refractivity contribution >= 4 is 65.9 Å². The van der Waals surface area contributed by atoms with Gasteiger partial charge in [-0.2, -0.15) is 10.2 Å². The summed E-state index contributed by atoms with van der Waals surface area (Å²) in [4.78, 5) is 33.2. The van der Waals surface area contributed by atoms with Gasteiger partial charge in [-0.15, -0.1) is 20.4 Å². The Morgan fingerprint density at radius 2 is 1.25 bits per heavy atom. The minimum Gasteiger partial charge on any atom is -0.381 e. The molecule has 0 bridgehead atoms. The number of nitrogens with one attached hydrogen (secondary N) is 2. The molecule has 0 spiro atoms. The average Bonchev–Trinajstić information content (AvgIpc) is 3.89. The Hall–Kier alpha value is -5.48. The molecule has 2 aliphatic heterocycles. The summed E-state index contributed by atoms with van der Waals surface area (Å²) in [6.45, 7) is 2.63. The first-order chi connectivity index (χ1) is 23.5. The van der Waals surface area contributed by atoms with Crippen LogP contribution in [0, 0.1) is 0 Å². The maximum Gasteiger partial charge on any atom is 0.280 e. The fourth-order valence-electron chi connectivity index (χ4n) is 7.35. The lowest BCUT2D eigenvalue weighted by atomic mass is 10.1. The second-order valence-corrected chi connectivity index (χ2v) is 12.4. The average molecular weight is 649 g/mol. The van der Waals surface area contributed by atoms with Gasteiger partial charge in [0, 0.05) is 71.2 Å². The van der Waals surface area contributed by atoms with Gasteiger partial charge in [0.15, 0.2) is 5.52 Å². The summed E-state index contributed by atoms with van der Waals surface area (Å²) >= 11 is 0. The molecular weight excluding hydrogens is 616 g/mol. The van der Waals surface area contributed by atoms with Gasteiger partial charge in [0.2, 0.25) is 0 Å². The zero-order chi connectivity index (χ0) is 32.5. The highest BCUT2D eigenvalue weighted by Crippen LogP contribution is 2.31. The number of hydrogen-bond acceptors (Lipinski definition) is 10. The molecule has 0 radical (unpaired) electrons. The number of nitrogens with zero attached hydrogens (tertiary/aromatic N) is 10. The minimum absolute atomic E-state index is 0.0568. The molecule has 16 nitrogen and oxygen atoms in total. The van der Waals surface area contributed by atoms with E-state index in [1.807, 2.05) is 40.7 Å². The van der Waals surface area contributed by atoms with E-state index in [-0.39, 0.29) is 23.2 Å². The van der Waals surface area contributed by atoms with Gasteiger partial charge >= 0.3 is 0 Å². The highest BCUT2D eigenvalue weighted by molar-refractivity contribution is 6.14. The van der Waals surface area contributed by atoms with Crippen molar-refractivity contribution in [2.75, 3.05) is 26.4 Å². The monoisotopic (exact) mass is 648 g/mol. The van der Waals surface area contributed by atoms with Crippen LogP contribution in [0.2, 0.25) is 0 Å². The van der Waals surface area contributed by atoms with Crippen molar-refractivity contribution in [1.29, 1.82) is 0 Å². The molecule has 8 aromatic rings. The first kappa shape index (κ1) is 28.7. The Balaban J connectivity index is 0.000000131. The van der Waals surface area contributed by atoms with Crippen molar-refractivity contribution in [3.8, 4) is 0 Å². The Labute approximate surface area is 270 Å². The summed E-state index contributed by atoms with van der Waals surface area (Å²) < 4.78 is 17.9. The number of aromatic amines is 2. The van der Waals surface area contributed by atoms with E-state index in [0.717, 1.165) is 69.6 Å². The third-order valence-electron chi connectivity index (χ3n) is 9.61. The van der Waals surface area contributed by atoms with Gasteiger partial charge in [-0.25, -0.2) is 0 Å². The number of fused-ring (bicyclic) bond motifs is 4. The molecule has 2 saturated heterocycles. The van der Waals surface area contributed by atoms with Crippen molar-refractivity contribution in [3.05, 3.63) is 57.6 Å². The van der Waals surface area contributed by atoms with Crippen LogP contribution in [0.15, 0.2) is 46.5 Å². The summed E-state index contributed by atoms with van der Waals surface area (Å²) in [7, 11) is 3.60. The lowest BCUT2D eigenvalue weighted by Gasteiger charge is -2.24. The lowest BCUT2D eigenvalue weighted by molar-refractivity contribution is 0.0697. The SMILES string of the molecule is Cn1cc2c(n1)c(=O)n(C1CCOCC1)c1[nH]ccc3nnc2c31.Cn1ncc2c3nnc4cc[nH]c(c43)n(C3CCOCC3)c(=O)c21. The van der Waals surface area contributed by atoms with Crippen LogP contribution in [-0.2, 0) is 23.6 Å². The Kier molecular flexibility index (Phi) is 6.62. The molecule has 2 fully saturated rings. The number of ether oxygens (including phenoxy) is 2. The van der Waals surface area contributed by atoms with E-state index in [2.05, 4.69) is 40.6 Å². The third-order valence-corrected chi connectivity index (χ3v) is 9.61. The van der Waals surface area contributed by atoms with Crippen LogP contribution in [0.5, 0.6) is 0 Å². The zero-order valence-electron chi connectivity index (χ0n) is 26.4. The molecule has 8 aromatic heterocycles. The predicted octanol–water partition coefficient (Wildman–Crippen LogP) is 3.02. The molecule has 10 heterocycles. The van der Waals surface area contributed by atoms with Crippen LogP contribution in [-0.4, -0.2) is 85.5 Å². The lowest BCUT2D eigenvalue weighted by Crippen LogP contribution is -2.29. The molecule has 2 aliphatic rings. The Bertz CT molecular complexity index is 2580. The molecule has 48 heavy (non-hydrogen) atoms. The van der Waals surface area contributed by atoms with Gasteiger partial charge in [-0.1, -0.05) is 0 Å². The second-order valence-electron chi connectivity index (χ2n) is 12.4. The van der Waals surface area contributed by atoms with Crippen molar-refractivity contribution in [3.63, 3.8) is 0 Å². The molecule has 0 saturated carbocycles. The van der Waals surface area contributed by atoms with Crippen LogP contribution in [0.1, 0.15) is 37.8 Å². The van der Waals surface area contributed by atoms with Gasteiger partial charge in [0.1, 0.15) is 38.9 Å². The summed E-state index contributed by atoms with van der Waals surface area (Å²) in [6.07, 6.45) is 10.4. The van der Waals surface area contributed by atoms with Crippen molar-refractivity contribution in [1.82, 2.24) is 59.1 Å². The van der Waals surface area contributed by atoms with Crippen molar-refractivity contribution in [2.24, 2.45) is 14.1 Å². The highest BCUT2D eigenvalue weighted by atomic mass is 16.5. The zero-order valence-corrected chi connectivity index (χ0v) is 26.4. The second kappa shape index (κ2) is 11.1. The minimum atomic E-state index is -0.0979. The largest absolute Gasteiger partial charge is 0.381 e. The van der Waals surface area contributed by atoms with E-state index >= 15 is 0 Å². The first-order valence-electron chi connectivity index (χ1n) is 16.1. The molecular formula is C32H32N12O4. The van der Waals surface area contributed by atoms with Gasteiger partial charge in [-0.3, -0.25) is 28.1 Å². The maximum absolute atomic E-state index is 13.4. The normalized spacial score (nSPS) is 16.5. The molecule has 244 valence electrons. The van der Waals surface area contributed by atoms with Crippen LogP contribution >= 0.6 is 0 Å². The van der Waals surface area contributed by atoms with E-state index in [1.165, 1.54) is 0 Å². The summed E-state index contributed by atoms with van der Waals surface area (Å²) in [5.74, 6) is 0. The van der Waals surface area contributed by atoms with Crippen LogP contribution in [0.25, 0.3) is 65.9 Å². The van der Waals surface area contributed by atoms with Gasteiger partial charge in [0.05, 0.1) is 27.7 Å². The van der Waals surface area contributed by atoms with E-state index in [4.69, 9.17) is 9.47 Å². The molecule has 10 rings (SSSR count). The Morgan fingerprint density at radius 3 is 1.83 bits per heavy atom. The number of aryl methyl sites for hydroxylation is 2. The van der Waals surface area contributed by atoms with Crippen LogP contribution < -0.4 is 11.1 Å². The number of H-pyrrole nitrogens is 2. The highest BCUT2D eigenvalue weighted by Gasteiger charge is 2.25. The quantitative estimate of drug-likeness (QED) is 0.283. The number of pyridine rings is 2. The molecule has 16 heteroatoms. The molecule has 0 amide bonds. The van der Waals surface area contributed by atoms with E-state index in [1.54, 1.807) is 28.8 Å². The van der Waals surface area contributed by atoms with Gasteiger partial charge < -0.3 is 19.4 Å². The fraction of sp³-hybridized carbons (Fsp3) is 0.375. The third kappa shape index (κ3) is 4.29. The molecule has 0 atom stereocenters.